The standard InChI is InChI=1S/C57H98N2O8/c1-57(2,45-16-24-49(25-17-45)66-51-28-20-47(21-29-51)58-55(60)54-36-42(14-32-53(54)56(61)62)34-40-11-7-4-8-12-40)46-18-26-50(27-19-46)67-52-30-22-48(23-31-52)59-64-37-44-35-41(13-15-43(44)38-65-63)33-39-9-5-3-6-10-39/h39-54,59,63H,3-38H2,1-2H3,(H,58,60)(H,61,62). The molecule has 0 spiro atoms. The maximum atomic E-state index is 13.6. The maximum absolute atomic E-state index is 13.6. The molecule has 6 atom stereocenters. The van der Waals surface area contributed by atoms with Crippen LogP contribution >= 0.6 is 0 Å². The second-order valence-corrected chi connectivity index (χ2v) is 25.1. The lowest BCUT2D eigenvalue weighted by Crippen LogP contribution is -2.47. The second-order valence-electron chi connectivity index (χ2n) is 25.1. The van der Waals surface area contributed by atoms with E-state index in [1.54, 1.807) is 0 Å². The largest absolute Gasteiger partial charge is 0.481 e. The van der Waals surface area contributed by atoms with Crippen LogP contribution in [0.25, 0.3) is 0 Å². The summed E-state index contributed by atoms with van der Waals surface area (Å²) in [6.45, 7) is 6.26. The topological polar surface area (TPSA) is 136 Å². The lowest BCUT2D eigenvalue weighted by molar-refractivity contribution is -0.257. The van der Waals surface area contributed by atoms with Crippen LogP contribution in [0.2, 0.25) is 0 Å². The van der Waals surface area contributed by atoms with Gasteiger partial charge >= 0.3 is 5.97 Å². The number of aliphatic carboxylic acids is 1. The Morgan fingerprint density at radius 2 is 0.970 bits per heavy atom. The fraction of sp³-hybridized carbons (Fsp3) is 0.965. The Morgan fingerprint density at radius 1 is 0.493 bits per heavy atom. The fourth-order valence-corrected chi connectivity index (χ4v) is 16.0. The molecule has 10 heteroatoms. The van der Waals surface area contributed by atoms with Gasteiger partial charge in [0.15, 0.2) is 0 Å². The molecule has 4 N–H and O–H groups in total. The lowest BCUT2D eigenvalue weighted by Gasteiger charge is -2.47. The van der Waals surface area contributed by atoms with Crippen LogP contribution in [-0.2, 0) is 28.8 Å². The van der Waals surface area contributed by atoms with Gasteiger partial charge < -0.3 is 24.7 Å². The third-order valence-corrected chi connectivity index (χ3v) is 20.4. The van der Waals surface area contributed by atoms with Crippen molar-refractivity contribution in [1.82, 2.24) is 10.8 Å². The van der Waals surface area contributed by atoms with Crippen LogP contribution in [0.1, 0.15) is 232 Å². The van der Waals surface area contributed by atoms with Crippen LogP contribution in [-0.4, -0.2) is 72.0 Å². The number of ether oxygens (including phenoxy) is 2. The van der Waals surface area contributed by atoms with Crippen molar-refractivity contribution in [3.63, 3.8) is 0 Å². The number of hydrogen-bond acceptors (Lipinski definition) is 8. The van der Waals surface area contributed by atoms with Gasteiger partial charge in [0, 0.05) is 12.1 Å². The smallest absolute Gasteiger partial charge is 0.307 e. The first-order valence-corrected chi connectivity index (χ1v) is 29.1. The summed E-state index contributed by atoms with van der Waals surface area (Å²) in [5, 5.41) is 22.7. The summed E-state index contributed by atoms with van der Waals surface area (Å²) in [4.78, 5) is 36.8. The first kappa shape index (κ1) is 52.0. The molecule has 8 aliphatic rings. The van der Waals surface area contributed by atoms with Crippen LogP contribution in [0.4, 0.5) is 0 Å². The van der Waals surface area contributed by atoms with Gasteiger partial charge in [-0.05, 0) is 200 Å². The van der Waals surface area contributed by atoms with Gasteiger partial charge in [-0.25, -0.2) is 4.89 Å². The van der Waals surface area contributed by atoms with Gasteiger partial charge in [0.25, 0.3) is 0 Å². The number of amides is 1. The Labute approximate surface area is 406 Å². The zero-order chi connectivity index (χ0) is 46.6. The molecule has 10 nitrogen and oxygen atoms in total. The molecule has 1 amide bonds. The van der Waals surface area contributed by atoms with Gasteiger partial charge in [0.1, 0.15) is 0 Å². The Hall–Kier alpha value is -1.30. The van der Waals surface area contributed by atoms with E-state index in [2.05, 4.69) is 29.5 Å². The molecule has 8 rings (SSSR count). The Bertz CT molecular complexity index is 1450. The third-order valence-electron chi connectivity index (χ3n) is 20.4. The molecular formula is C57H98N2O8. The van der Waals surface area contributed by atoms with E-state index in [9.17, 15) is 20.0 Å². The van der Waals surface area contributed by atoms with E-state index in [1.807, 2.05) is 0 Å². The Kier molecular flexibility index (Phi) is 20.1. The number of carbonyl (C=O) groups excluding carboxylic acids is 1. The van der Waals surface area contributed by atoms with E-state index in [-0.39, 0.29) is 24.0 Å². The minimum Gasteiger partial charge on any atom is -0.481 e. The molecule has 0 aromatic heterocycles. The molecule has 8 fully saturated rings. The van der Waals surface area contributed by atoms with Gasteiger partial charge in [-0.2, -0.15) is 5.48 Å². The molecule has 0 saturated heterocycles. The van der Waals surface area contributed by atoms with Crippen molar-refractivity contribution >= 4 is 11.9 Å². The van der Waals surface area contributed by atoms with E-state index in [4.69, 9.17) is 14.3 Å². The number of carboxylic acids is 1. The molecular weight excluding hydrogens is 841 g/mol. The van der Waals surface area contributed by atoms with Crippen molar-refractivity contribution in [2.75, 3.05) is 13.2 Å². The Balaban J connectivity index is 0.676. The molecule has 0 aromatic carbocycles. The van der Waals surface area contributed by atoms with E-state index < -0.39 is 11.9 Å². The summed E-state index contributed by atoms with van der Waals surface area (Å²) >= 11 is 0. The van der Waals surface area contributed by atoms with Crippen molar-refractivity contribution in [3.05, 3.63) is 0 Å². The summed E-state index contributed by atoms with van der Waals surface area (Å²) in [5.74, 6) is 3.59. The average Bonchev–Trinajstić information content (AvgIpc) is 3.34. The minimum atomic E-state index is -0.790. The highest BCUT2D eigenvalue weighted by molar-refractivity contribution is 5.85. The highest BCUT2D eigenvalue weighted by Crippen LogP contribution is 2.50. The molecule has 0 aliphatic heterocycles. The summed E-state index contributed by atoms with van der Waals surface area (Å²) in [7, 11) is 0. The van der Waals surface area contributed by atoms with Crippen molar-refractivity contribution in [1.29, 1.82) is 0 Å². The average molecular weight is 939 g/mol. The summed E-state index contributed by atoms with van der Waals surface area (Å²) in [6.07, 6.45) is 41.7. The zero-order valence-electron chi connectivity index (χ0n) is 42.5. The summed E-state index contributed by atoms with van der Waals surface area (Å²) < 4.78 is 13.6. The predicted octanol–water partition coefficient (Wildman–Crippen LogP) is 13.0. The van der Waals surface area contributed by atoms with Crippen LogP contribution in [0, 0.1) is 64.6 Å². The second kappa shape index (κ2) is 25.9. The quantitative estimate of drug-likeness (QED) is 0.0737. The van der Waals surface area contributed by atoms with Crippen molar-refractivity contribution in [3.8, 4) is 0 Å². The molecule has 6 unspecified atom stereocenters. The van der Waals surface area contributed by atoms with Crippen LogP contribution in [0.15, 0.2) is 0 Å². The van der Waals surface area contributed by atoms with Crippen molar-refractivity contribution in [2.24, 2.45) is 64.6 Å². The molecule has 384 valence electrons. The molecule has 0 heterocycles. The monoisotopic (exact) mass is 939 g/mol. The van der Waals surface area contributed by atoms with E-state index in [0.717, 1.165) is 113 Å². The fourth-order valence-electron chi connectivity index (χ4n) is 16.0. The maximum Gasteiger partial charge on any atom is 0.307 e. The molecule has 0 aromatic rings. The van der Waals surface area contributed by atoms with Crippen LogP contribution < -0.4 is 10.8 Å². The first-order valence-electron chi connectivity index (χ1n) is 29.1. The minimum absolute atomic E-state index is 0.00230. The van der Waals surface area contributed by atoms with Crippen LogP contribution in [0.5, 0.6) is 0 Å². The van der Waals surface area contributed by atoms with E-state index in [0.29, 0.717) is 67.2 Å². The van der Waals surface area contributed by atoms with Gasteiger partial charge in [0.05, 0.1) is 49.5 Å². The lowest BCUT2D eigenvalue weighted by atomic mass is 9.60. The van der Waals surface area contributed by atoms with Crippen LogP contribution in [0.3, 0.4) is 0 Å². The Morgan fingerprint density at radius 3 is 1.48 bits per heavy atom. The summed E-state index contributed by atoms with van der Waals surface area (Å²) in [5.41, 5.74) is 3.80. The molecule has 8 aliphatic carbocycles. The highest BCUT2D eigenvalue weighted by Gasteiger charge is 2.43. The predicted molar refractivity (Wildman–Crippen MR) is 264 cm³/mol. The number of hydrogen-bond donors (Lipinski definition) is 4. The molecule has 67 heavy (non-hydrogen) atoms. The summed E-state index contributed by atoms with van der Waals surface area (Å²) in [6, 6.07) is 0.533. The number of carbonyl (C=O) groups is 2. The van der Waals surface area contributed by atoms with Gasteiger partial charge in [0.2, 0.25) is 5.91 Å². The number of hydroxylamine groups is 1. The normalized spacial score (nSPS) is 38.9. The van der Waals surface area contributed by atoms with Crippen molar-refractivity contribution < 1.29 is 39.2 Å². The number of nitrogens with one attached hydrogen (secondary N) is 2. The van der Waals surface area contributed by atoms with Gasteiger partial charge in [-0.1, -0.05) is 84.5 Å². The third kappa shape index (κ3) is 15.1. The van der Waals surface area contributed by atoms with E-state index >= 15 is 0 Å². The first-order chi connectivity index (χ1) is 32.6. The number of carboxylic acid groups (broad SMARTS) is 1. The van der Waals surface area contributed by atoms with Crippen molar-refractivity contribution in [2.45, 2.75) is 269 Å². The SMILES string of the molecule is CC(C)(C1CCC(OC2CCC(NOCC3CC(CC4CCCCC4)CCC3COO)CC2)CC1)C1CCC(OC2CCC(NC(=O)C3CC(CC4CCCCC4)CCC3C(=O)O)CC2)CC1. The number of rotatable bonds is 19. The molecule has 8 saturated carbocycles. The van der Waals surface area contributed by atoms with E-state index in [1.165, 1.54) is 128 Å². The van der Waals surface area contributed by atoms with Gasteiger partial charge in [-0.15, -0.1) is 0 Å². The molecule has 0 bridgehead atoms. The zero-order valence-corrected chi connectivity index (χ0v) is 42.5. The van der Waals surface area contributed by atoms with Gasteiger partial charge in [-0.3, -0.25) is 14.8 Å². The highest BCUT2D eigenvalue weighted by atomic mass is 17.1. The molecule has 0 radical (unpaired) electrons.